The second-order valence-electron chi connectivity index (χ2n) is 6.12. The van der Waals surface area contributed by atoms with Crippen molar-refractivity contribution < 1.29 is 0 Å². The van der Waals surface area contributed by atoms with Crippen molar-refractivity contribution in [3.8, 4) is 0 Å². The summed E-state index contributed by atoms with van der Waals surface area (Å²) in [6.45, 7) is 7.41. The number of likely N-dealkylation sites (tertiary alicyclic amines) is 2. The molecule has 3 fully saturated rings. The van der Waals surface area contributed by atoms with Crippen molar-refractivity contribution in [1.29, 1.82) is 0 Å². The maximum Gasteiger partial charge on any atom is 0.0761 e. The second-order valence-corrected chi connectivity index (χ2v) is 6.12. The van der Waals surface area contributed by atoms with Crippen molar-refractivity contribution >= 4 is 0 Å². The predicted molar refractivity (Wildman–Crippen MR) is 74.4 cm³/mol. The van der Waals surface area contributed by atoms with Crippen LogP contribution in [0.1, 0.15) is 32.1 Å². The fourth-order valence-electron chi connectivity index (χ4n) is 3.88. The highest BCUT2D eigenvalue weighted by atomic mass is 15.5. The average molecular weight is 252 g/mol. The van der Waals surface area contributed by atoms with Gasteiger partial charge >= 0.3 is 0 Å². The molecule has 2 atom stereocenters. The summed E-state index contributed by atoms with van der Waals surface area (Å²) in [7, 11) is 2.29. The Hall–Kier alpha value is -0.160. The van der Waals surface area contributed by atoms with E-state index in [1.807, 2.05) is 0 Å². The fourth-order valence-corrected chi connectivity index (χ4v) is 3.88. The lowest BCUT2D eigenvalue weighted by molar-refractivity contribution is -0.0605. The third-order valence-corrected chi connectivity index (χ3v) is 4.93. The summed E-state index contributed by atoms with van der Waals surface area (Å²) in [4.78, 5) is 8.06. The molecule has 0 bridgehead atoms. The smallest absolute Gasteiger partial charge is 0.0761 e. The van der Waals surface area contributed by atoms with Crippen LogP contribution in [-0.4, -0.2) is 73.3 Å². The van der Waals surface area contributed by atoms with Gasteiger partial charge in [0.2, 0.25) is 0 Å². The molecule has 0 radical (unpaired) electrons. The molecule has 4 heteroatoms. The largest absolute Gasteiger partial charge is 0.313 e. The Morgan fingerprint density at radius 3 is 2.44 bits per heavy atom. The molecule has 2 unspecified atom stereocenters. The van der Waals surface area contributed by atoms with Crippen LogP contribution in [0.3, 0.4) is 0 Å². The number of piperidine rings is 1. The van der Waals surface area contributed by atoms with Crippen LogP contribution in [0.2, 0.25) is 0 Å². The van der Waals surface area contributed by atoms with E-state index in [1.165, 1.54) is 58.3 Å². The monoisotopic (exact) mass is 252 g/mol. The lowest BCUT2D eigenvalue weighted by atomic mass is 10.1. The molecule has 3 aliphatic heterocycles. The molecule has 3 heterocycles. The van der Waals surface area contributed by atoms with Gasteiger partial charge in [0, 0.05) is 26.2 Å². The van der Waals surface area contributed by atoms with Gasteiger partial charge in [0.1, 0.15) is 0 Å². The second kappa shape index (κ2) is 5.87. The van der Waals surface area contributed by atoms with Crippen LogP contribution in [0.5, 0.6) is 0 Å². The number of nitrogens with one attached hydrogen (secondary N) is 1. The summed E-state index contributed by atoms with van der Waals surface area (Å²) in [5.74, 6) is 0. The van der Waals surface area contributed by atoms with E-state index in [0.29, 0.717) is 12.3 Å². The third-order valence-electron chi connectivity index (χ3n) is 4.93. The molecule has 4 nitrogen and oxygen atoms in total. The minimum Gasteiger partial charge on any atom is -0.313 e. The van der Waals surface area contributed by atoms with E-state index in [9.17, 15) is 0 Å². The third kappa shape index (κ3) is 2.57. The van der Waals surface area contributed by atoms with Gasteiger partial charge in [-0.2, -0.15) is 0 Å². The van der Waals surface area contributed by atoms with Crippen LogP contribution in [0, 0.1) is 0 Å². The summed E-state index contributed by atoms with van der Waals surface area (Å²) in [5.41, 5.74) is 0. The Morgan fingerprint density at radius 2 is 1.67 bits per heavy atom. The SMILES string of the molecule is CN1CCNCC1N1CCCCC1N1CCCC1. The molecule has 0 aliphatic carbocycles. The standard InChI is InChI=1S/C14H28N4/c1-16-11-7-15-12-14(16)18-10-3-2-6-13(18)17-8-4-5-9-17/h13-15H,2-12H2,1H3. The van der Waals surface area contributed by atoms with Gasteiger partial charge in [-0.15, -0.1) is 0 Å². The normalized spacial score (nSPS) is 37.2. The summed E-state index contributed by atoms with van der Waals surface area (Å²) < 4.78 is 0. The summed E-state index contributed by atoms with van der Waals surface area (Å²) >= 11 is 0. The maximum absolute atomic E-state index is 3.57. The number of likely N-dealkylation sites (N-methyl/N-ethyl adjacent to an activating group) is 1. The Morgan fingerprint density at radius 1 is 0.889 bits per heavy atom. The molecule has 0 saturated carbocycles. The number of hydrogen-bond acceptors (Lipinski definition) is 4. The number of piperazine rings is 1. The molecule has 1 N–H and O–H groups in total. The Balaban J connectivity index is 1.69. The minimum atomic E-state index is 0.615. The van der Waals surface area contributed by atoms with Gasteiger partial charge in [0.25, 0.3) is 0 Å². The van der Waals surface area contributed by atoms with Crippen LogP contribution in [0.4, 0.5) is 0 Å². The summed E-state index contributed by atoms with van der Waals surface area (Å²) in [6, 6.07) is 0. The van der Waals surface area contributed by atoms with E-state index in [4.69, 9.17) is 0 Å². The highest BCUT2D eigenvalue weighted by Crippen LogP contribution is 2.26. The quantitative estimate of drug-likeness (QED) is 0.783. The van der Waals surface area contributed by atoms with Gasteiger partial charge in [-0.05, 0) is 52.2 Å². The van der Waals surface area contributed by atoms with Gasteiger partial charge in [-0.3, -0.25) is 14.7 Å². The molecular formula is C14H28N4. The first-order valence-electron chi connectivity index (χ1n) is 7.77. The molecule has 0 amide bonds. The molecule has 18 heavy (non-hydrogen) atoms. The number of nitrogens with zero attached hydrogens (tertiary/aromatic N) is 3. The molecular weight excluding hydrogens is 224 g/mol. The molecule has 0 spiro atoms. The first-order valence-corrected chi connectivity index (χ1v) is 7.77. The zero-order valence-corrected chi connectivity index (χ0v) is 11.8. The maximum atomic E-state index is 3.57. The van der Waals surface area contributed by atoms with Crippen LogP contribution in [-0.2, 0) is 0 Å². The van der Waals surface area contributed by atoms with Crippen molar-refractivity contribution in [2.75, 3.05) is 46.3 Å². The number of hydrogen-bond donors (Lipinski definition) is 1. The Bertz CT molecular complexity index is 265. The van der Waals surface area contributed by atoms with Gasteiger partial charge in [0.15, 0.2) is 0 Å². The van der Waals surface area contributed by atoms with Crippen LogP contribution < -0.4 is 5.32 Å². The summed E-state index contributed by atoms with van der Waals surface area (Å²) in [5, 5.41) is 3.57. The highest BCUT2D eigenvalue weighted by Gasteiger charge is 2.36. The van der Waals surface area contributed by atoms with E-state index >= 15 is 0 Å². The van der Waals surface area contributed by atoms with Gasteiger partial charge in [0.05, 0.1) is 12.3 Å². The molecule has 0 aromatic carbocycles. The highest BCUT2D eigenvalue weighted by molar-refractivity contribution is 4.87. The molecule has 0 aromatic heterocycles. The topological polar surface area (TPSA) is 21.8 Å². The number of rotatable bonds is 2. The van der Waals surface area contributed by atoms with Gasteiger partial charge in [-0.25, -0.2) is 0 Å². The minimum absolute atomic E-state index is 0.615. The zero-order chi connectivity index (χ0) is 12.4. The van der Waals surface area contributed by atoms with Gasteiger partial charge in [-0.1, -0.05) is 0 Å². The van der Waals surface area contributed by atoms with Gasteiger partial charge < -0.3 is 5.32 Å². The van der Waals surface area contributed by atoms with Crippen molar-refractivity contribution in [3.05, 3.63) is 0 Å². The van der Waals surface area contributed by atoms with Crippen molar-refractivity contribution in [2.45, 2.75) is 44.4 Å². The van der Waals surface area contributed by atoms with Crippen molar-refractivity contribution in [3.63, 3.8) is 0 Å². The first-order chi connectivity index (χ1) is 8.86. The lowest BCUT2D eigenvalue weighted by Gasteiger charge is -2.49. The van der Waals surface area contributed by atoms with Crippen LogP contribution in [0.25, 0.3) is 0 Å². The first kappa shape index (κ1) is 12.9. The Kier molecular flexibility index (Phi) is 4.19. The Labute approximate surface area is 111 Å². The van der Waals surface area contributed by atoms with E-state index < -0.39 is 0 Å². The van der Waals surface area contributed by atoms with Crippen LogP contribution >= 0.6 is 0 Å². The van der Waals surface area contributed by atoms with E-state index in [-0.39, 0.29) is 0 Å². The molecule has 3 saturated heterocycles. The van der Waals surface area contributed by atoms with E-state index in [0.717, 1.165) is 13.1 Å². The molecule has 3 rings (SSSR count). The fraction of sp³-hybridized carbons (Fsp3) is 1.00. The van der Waals surface area contributed by atoms with E-state index in [1.54, 1.807) is 0 Å². The molecule has 104 valence electrons. The average Bonchev–Trinajstić information content (AvgIpc) is 2.93. The van der Waals surface area contributed by atoms with E-state index in [2.05, 4.69) is 27.1 Å². The molecule has 3 aliphatic rings. The molecule has 0 aromatic rings. The van der Waals surface area contributed by atoms with Crippen LogP contribution in [0.15, 0.2) is 0 Å². The van der Waals surface area contributed by atoms with Crippen molar-refractivity contribution in [2.24, 2.45) is 0 Å². The van der Waals surface area contributed by atoms with Crippen molar-refractivity contribution in [1.82, 2.24) is 20.0 Å². The predicted octanol–water partition coefficient (Wildman–Crippen LogP) is 0.755. The summed E-state index contributed by atoms with van der Waals surface area (Å²) in [6.07, 6.45) is 8.32. The lowest BCUT2D eigenvalue weighted by Crippen LogP contribution is -2.64. The zero-order valence-electron chi connectivity index (χ0n) is 11.8.